The van der Waals surface area contributed by atoms with Crippen molar-refractivity contribution in [2.45, 2.75) is 5.03 Å². The summed E-state index contributed by atoms with van der Waals surface area (Å²) in [7, 11) is 4.74. The van der Waals surface area contributed by atoms with Crippen LogP contribution in [0.3, 0.4) is 0 Å². The van der Waals surface area contributed by atoms with E-state index in [1.54, 1.807) is 39.5 Å². The van der Waals surface area contributed by atoms with E-state index in [9.17, 15) is 4.79 Å². The Bertz CT molecular complexity index is 963. The number of amides is 1. The van der Waals surface area contributed by atoms with Gasteiger partial charge in [0.1, 0.15) is 10.8 Å². The van der Waals surface area contributed by atoms with Crippen molar-refractivity contribution in [2.24, 2.45) is 0 Å². The summed E-state index contributed by atoms with van der Waals surface area (Å²) < 4.78 is 15.6. The molecule has 0 spiro atoms. The van der Waals surface area contributed by atoms with Crippen LogP contribution in [0.15, 0.2) is 59.6 Å². The number of rotatable bonds is 8. The van der Waals surface area contributed by atoms with Crippen molar-refractivity contribution in [1.29, 1.82) is 0 Å². The minimum atomic E-state index is -0.150. The van der Waals surface area contributed by atoms with Crippen LogP contribution in [0.25, 0.3) is 11.3 Å². The molecule has 7 nitrogen and oxygen atoms in total. The van der Waals surface area contributed by atoms with Crippen molar-refractivity contribution in [3.05, 3.63) is 54.6 Å². The smallest absolute Gasteiger partial charge is 0.234 e. The van der Waals surface area contributed by atoms with Gasteiger partial charge in [0.25, 0.3) is 0 Å². The molecule has 0 aliphatic rings. The molecule has 3 aromatic rings. The number of nitrogens with one attached hydrogen (secondary N) is 1. The molecule has 8 heteroatoms. The lowest BCUT2D eigenvalue weighted by Gasteiger charge is -2.10. The fourth-order valence-electron chi connectivity index (χ4n) is 2.56. The molecule has 0 saturated heterocycles. The molecule has 3 rings (SSSR count). The zero-order chi connectivity index (χ0) is 20.6. The fourth-order valence-corrected chi connectivity index (χ4v) is 3.18. The molecule has 0 aliphatic heterocycles. The van der Waals surface area contributed by atoms with Crippen LogP contribution < -0.4 is 19.5 Å². The van der Waals surface area contributed by atoms with Crippen molar-refractivity contribution in [2.75, 3.05) is 32.4 Å². The van der Waals surface area contributed by atoms with Gasteiger partial charge >= 0.3 is 0 Å². The highest BCUT2D eigenvalue weighted by Crippen LogP contribution is 2.30. The average Bonchev–Trinajstić information content (AvgIpc) is 2.78. The number of carbonyl (C=O) groups excluding carboxylic acids is 1. The van der Waals surface area contributed by atoms with Crippen LogP contribution in [0.2, 0.25) is 0 Å². The zero-order valence-corrected chi connectivity index (χ0v) is 17.2. The molecule has 1 amide bonds. The van der Waals surface area contributed by atoms with Gasteiger partial charge in [0.15, 0.2) is 11.5 Å². The molecule has 0 radical (unpaired) electrons. The van der Waals surface area contributed by atoms with Crippen LogP contribution in [0.1, 0.15) is 0 Å². The van der Waals surface area contributed by atoms with Crippen LogP contribution in [-0.2, 0) is 4.79 Å². The third-order valence-corrected chi connectivity index (χ3v) is 4.96. The largest absolute Gasteiger partial charge is 0.497 e. The summed E-state index contributed by atoms with van der Waals surface area (Å²) in [5, 5.41) is 11.9. The van der Waals surface area contributed by atoms with Gasteiger partial charge in [-0.05, 0) is 48.5 Å². The second kappa shape index (κ2) is 9.79. The SMILES string of the molecule is COc1ccc(-c2ccc(SCC(=O)Nc3ccc(OC)c(OC)c3)nn2)cc1. The molecular formula is C21H21N3O4S. The topological polar surface area (TPSA) is 82.6 Å². The molecule has 0 atom stereocenters. The normalized spacial score (nSPS) is 10.3. The van der Waals surface area contributed by atoms with E-state index in [4.69, 9.17) is 14.2 Å². The Balaban J connectivity index is 1.56. The van der Waals surface area contributed by atoms with E-state index >= 15 is 0 Å². The summed E-state index contributed by atoms with van der Waals surface area (Å²) in [6, 6.07) is 16.5. The monoisotopic (exact) mass is 411 g/mol. The van der Waals surface area contributed by atoms with E-state index in [0.717, 1.165) is 17.0 Å². The molecule has 0 bridgehead atoms. The van der Waals surface area contributed by atoms with Gasteiger partial charge in [0, 0.05) is 17.3 Å². The molecule has 1 heterocycles. The fraction of sp³-hybridized carbons (Fsp3) is 0.190. The Morgan fingerprint density at radius 1 is 0.897 bits per heavy atom. The van der Waals surface area contributed by atoms with Gasteiger partial charge in [0.2, 0.25) is 5.91 Å². The number of benzene rings is 2. The minimum Gasteiger partial charge on any atom is -0.497 e. The number of hydrogen-bond donors (Lipinski definition) is 1. The van der Waals surface area contributed by atoms with E-state index in [0.29, 0.717) is 22.2 Å². The van der Waals surface area contributed by atoms with E-state index in [2.05, 4.69) is 15.5 Å². The van der Waals surface area contributed by atoms with Crippen LogP contribution in [-0.4, -0.2) is 43.2 Å². The molecule has 29 heavy (non-hydrogen) atoms. The minimum absolute atomic E-state index is 0.150. The Kier molecular flexibility index (Phi) is 6.91. The number of nitrogens with zero attached hydrogens (tertiary/aromatic N) is 2. The first-order valence-corrected chi connectivity index (χ1v) is 9.74. The van der Waals surface area contributed by atoms with E-state index in [1.165, 1.54) is 11.8 Å². The number of carbonyl (C=O) groups is 1. The lowest BCUT2D eigenvalue weighted by atomic mass is 10.1. The van der Waals surface area contributed by atoms with Gasteiger partial charge in [-0.25, -0.2) is 0 Å². The lowest BCUT2D eigenvalue weighted by Crippen LogP contribution is -2.14. The van der Waals surface area contributed by atoms with Gasteiger partial charge in [0.05, 0.1) is 32.8 Å². The number of thioether (sulfide) groups is 1. The van der Waals surface area contributed by atoms with Crippen molar-refractivity contribution >= 4 is 23.4 Å². The summed E-state index contributed by atoms with van der Waals surface area (Å²) in [6.45, 7) is 0. The van der Waals surface area contributed by atoms with Crippen LogP contribution >= 0.6 is 11.8 Å². The van der Waals surface area contributed by atoms with Gasteiger partial charge in [-0.2, -0.15) is 0 Å². The van der Waals surface area contributed by atoms with Crippen molar-refractivity contribution in [3.63, 3.8) is 0 Å². The van der Waals surface area contributed by atoms with Crippen molar-refractivity contribution in [3.8, 4) is 28.5 Å². The first kappa shape index (κ1) is 20.5. The molecular weight excluding hydrogens is 390 g/mol. The highest BCUT2D eigenvalue weighted by Gasteiger charge is 2.09. The summed E-state index contributed by atoms with van der Waals surface area (Å²) >= 11 is 1.31. The number of methoxy groups -OCH3 is 3. The van der Waals surface area contributed by atoms with Crippen molar-refractivity contribution < 1.29 is 19.0 Å². The van der Waals surface area contributed by atoms with E-state index in [-0.39, 0.29) is 11.7 Å². The third-order valence-electron chi connectivity index (χ3n) is 4.04. The molecule has 0 unspecified atom stereocenters. The predicted molar refractivity (Wildman–Crippen MR) is 113 cm³/mol. The highest BCUT2D eigenvalue weighted by molar-refractivity contribution is 7.99. The molecule has 0 aliphatic carbocycles. The molecule has 150 valence electrons. The van der Waals surface area contributed by atoms with E-state index in [1.807, 2.05) is 36.4 Å². The second-order valence-electron chi connectivity index (χ2n) is 5.89. The molecule has 1 N–H and O–H groups in total. The van der Waals surface area contributed by atoms with Crippen molar-refractivity contribution in [1.82, 2.24) is 10.2 Å². The zero-order valence-electron chi connectivity index (χ0n) is 16.3. The van der Waals surface area contributed by atoms with Gasteiger partial charge < -0.3 is 19.5 Å². The lowest BCUT2D eigenvalue weighted by molar-refractivity contribution is -0.113. The number of anilines is 1. The second-order valence-corrected chi connectivity index (χ2v) is 6.89. The third kappa shape index (κ3) is 5.39. The molecule has 1 aromatic heterocycles. The van der Waals surface area contributed by atoms with E-state index < -0.39 is 0 Å². The predicted octanol–water partition coefficient (Wildman–Crippen LogP) is 3.90. The molecule has 2 aromatic carbocycles. The summed E-state index contributed by atoms with van der Waals surface area (Å²) in [6.07, 6.45) is 0. The number of aromatic nitrogens is 2. The van der Waals surface area contributed by atoms with Gasteiger partial charge in [-0.1, -0.05) is 11.8 Å². The summed E-state index contributed by atoms with van der Waals surface area (Å²) in [5.74, 6) is 2.01. The van der Waals surface area contributed by atoms with Crippen LogP contribution in [0, 0.1) is 0 Å². The highest BCUT2D eigenvalue weighted by atomic mass is 32.2. The molecule has 0 saturated carbocycles. The first-order valence-electron chi connectivity index (χ1n) is 8.75. The maximum atomic E-state index is 12.2. The quantitative estimate of drug-likeness (QED) is 0.563. The standard InChI is InChI=1S/C21H21N3O4S/c1-26-16-7-4-14(5-8-16)17-9-11-21(24-23-17)29-13-20(25)22-15-6-10-18(27-2)19(12-15)28-3/h4-12H,13H2,1-3H3,(H,22,25). The maximum Gasteiger partial charge on any atom is 0.234 e. The molecule has 0 fully saturated rings. The Hall–Kier alpha value is -3.26. The maximum absolute atomic E-state index is 12.2. The average molecular weight is 411 g/mol. The Morgan fingerprint density at radius 3 is 2.28 bits per heavy atom. The van der Waals surface area contributed by atoms with Gasteiger partial charge in [-0.15, -0.1) is 10.2 Å². The van der Waals surface area contributed by atoms with Crippen LogP contribution in [0.4, 0.5) is 5.69 Å². The Labute approximate surface area is 173 Å². The number of ether oxygens (including phenoxy) is 3. The number of hydrogen-bond acceptors (Lipinski definition) is 7. The Morgan fingerprint density at radius 2 is 1.66 bits per heavy atom. The van der Waals surface area contributed by atoms with Gasteiger partial charge in [-0.3, -0.25) is 4.79 Å². The summed E-state index contributed by atoms with van der Waals surface area (Å²) in [5.41, 5.74) is 2.34. The van der Waals surface area contributed by atoms with Crippen LogP contribution in [0.5, 0.6) is 17.2 Å². The summed E-state index contributed by atoms with van der Waals surface area (Å²) in [4.78, 5) is 12.2. The first-order chi connectivity index (χ1) is 14.1.